The van der Waals surface area contributed by atoms with Gasteiger partial charge in [-0.2, -0.15) is 0 Å². The molecule has 2 unspecified atom stereocenters. The Morgan fingerprint density at radius 3 is 2.75 bits per heavy atom. The second kappa shape index (κ2) is 6.69. The van der Waals surface area contributed by atoms with Crippen molar-refractivity contribution >= 4 is 34.6 Å². The summed E-state index contributed by atoms with van der Waals surface area (Å²) in [5.41, 5.74) is 1.51. The molecule has 2 aliphatic rings. The van der Waals surface area contributed by atoms with Gasteiger partial charge in [-0.3, -0.25) is 4.79 Å². The molecule has 6 nitrogen and oxygen atoms in total. The van der Waals surface area contributed by atoms with Crippen LogP contribution in [0.2, 0.25) is 5.22 Å². The van der Waals surface area contributed by atoms with Crippen LogP contribution in [0, 0.1) is 12.8 Å². The first-order valence-electron chi connectivity index (χ1n) is 9.63. The number of carbonyl (C=O) groups is 2. The normalized spacial score (nSPS) is 24.0. The second-order valence-electron chi connectivity index (χ2n) is 8.75. The van der Waals surface area contributed by atoms with E-state index in [0.29, 0.717) is 22.9 Å². The first kappa shape index (κ1) is 19.1. The van der Waals surface area contributed by atoms with Gasteiger partial charge in [-0.1, -0.05) is 6.07 Å². The first-order valence-corrected chi connectivity index (χ1v) is 10.0. The van der Waals surface area contributed by atoms with Crippen molar-refractivity contribution in [2.75, 3.05) is 6.54 Å². The summed E-state index contributed by atoms with van der Waals surface area (Å²) in [6.45, 7) is 8.04. The van der Waals surface area contributed by atoms with Gasteiger partial charge < -0.3 is 19.4 Å². The maximum absolute atomic E-state index is 13.1. The number of benzene rings is 1. The van der Waals surface area contributed by atoms with Crippen LogP contribution in [0.5, 0.6) is 0 Å². The van der Waals surface area contributed by atoms with Gasteiger partial charge in [0.25, 0.3) is 5.91 Å². The predicted molar refractivity (Wildman–Crippen MR) is 107 cm³/mol. The van der Waals surface area contributed by atoms with E-state index < -0.39 is 11.7 Å². The van der Waals surface area contributed by atoms with Crippen LogP contribution >= 0.6 is 11.6 Å². The number of fused-ring (bicyclic) bond motifs is 3. The van der Waals surface area contributed by atoms with Gasteiger partial charge in [0.15, 0.2) is 5.22 Å². The number of amides is 2. The fourth-order valence-electron chi connectivity index (χ4n) is 4.39. The monoisotopic (exact) mass is 404 g/mol. The van der Waals surface area contributed by atoms with E-state index >= 15 is 0 Å². The number of ether oxygens (including phenoxy) is 1. The summed E-state index contributed by atoms with van der Waals surface area (Å²) in [5.74, 6) is 0.209. The molecule has 1 aliphatic heterocycles. The van der Waals surface area contributed by atoms with Gasteiger partial charge in [0.05, 0.1) is 12.1 Å². The Morgan fingerprint density at radius 1 is 1.29 bits per heavy atom. The standard InChI is InChI=1S/C21H25ClN2O4/c1-11-14-7-5-12(9-16(14)27-18(11)22)19(25)24-10-13-6-8-15(24)17(13)23-20(26)28-21(2,3)4/h5,7,9,13,15,17H,6,8,10H2,1-4H3,(H,23,26)/t13?,15?,17-/m1/s1. The minimum absolute atomic E-state index is 0.0114. The van der Waals surface area contributed by atoms with Crippen LogP contribution in [-0.2, 0) is 4.74 Å². The Kier molecular flexibility index (Phi) is 4.57. The van der Waals surface area contributed by atoms with Crippen molar-refractivity contribution in [2.24, 2.45) is 5.92 Å². The highest BCUT2D eigenvalue weighted by molar-refractivity contribution is 6.30. The van der Waals surface area contributed by atoms with Crippen LogP contribution < -0.4 is 5.32 Å². The van der Waals surface area contributed by atoms with Crippen molar-refractivity contribution in [3.05, 3.63) is 34.5 Å². The third-order valence-electron chi connectivity index (χ3n) is 5.66. The Morgan fingerprint density at radius 2 is 2.04 bits per heavy atom. The van der Waals surface area contributed by atoms with E-state index in [1.54, 1.807) is 6.07 Å². The highest BCUT2D eigenvalue weighted by Gasteiger charge is 2.49. The van der Waals surface area contributed by atoms with Gasteiger partial charge in [0, 0.05) is 23.1 Å². The van der Waals surface area contributed by atoms with Crippen LogP contribution in [0.3, 0.4) is 0 Å². The van der Waals surface area contributed by atoms with E-state index in [0.717, 1.165) is 23.8 Å². The summed E-state index contributed by atoms with van der Waals surface area (Å²) in [6.07, 6.45) is 1.46. The molecule has 2 heterocycles. The average molecular weight is 405 g/mol. The lowest BCUT2D eigenvalue weighted by Gasteiger charge is -2.28. The van der Waals surface area contributed by atoms with E-state index in [-0.39, 0.29) is 23.9 Å². The molecule has 1 aromatic heterocycles. The molecule has 1 aromatic carbocycles. The average Bonchev–Trinajstić information content (AvgIpc) is 3.24. The number of nitrogens with one attached hydrogen (secondary N) is 1. The number of hydrogen-bond acceptors (Lipinski definition) is 4. The zero-order chi connectivity index (χ0) is 20.2. The van der Waals surface area contributed by atoms with Crippen LogP contribution in [0.25, 0.3) is 11.0 Å². The molecule has 3 atom stereocenters. The number of nitrogens with zero attached hydrogens (tertiary/aromatic N) is 1. The number of carbonyl (C=O) groups excluding carboxylic acids is 2. The molecule has 7 heteroatoms. The number of rotatable bonds is 2. The van der Waals surface area contributed by atoms with E-state index in [1.807, 2.05) is 44.7 Å². The van der Waals surface area contributed by atoms with Gasteiger partial charge in [0.2, 0.25) is 0 Å². The van der Waals surface area contributed by atoms with E-state index in [2.05, 4.69) is 5.32 Å². The number of piperidine rings is 1. The molecule has 1 saturated carbocycles. The Labute approximate surface area is 169 Å². The van der Waals surface area contributed by atoms with E-state index in [9.17, 15) is 9.59 Å². The maximum atomic E-state index is 13.1. The predicted octanol–water partition coefficient (Wildman–Crippen LogP) is 4.52. The fraction of sp³-hybridized carbons (Fsp3) is 0.524. The SMILES string of the molecule is Cc1c(Cl)oc2cc(C(=O)N3CC4CCC3[C@@H]4NC(=O)OC(C)(C)C)ccc12. The molecule has 0 spiro atoms. The van der Waals surface area contributed by atoms with Crippen molar-refractivity contribution in [3.8, 4) is 0 Å². The third-order valence-corrected chi connectivity index (χ3v) is 6.02. The highest BCUT2D eigenvalue weighted by atomic mass is 35.5. The van der Waals surface area contributed by atoms with Gasteiger partial charge in [0.1, 0.15) is 11.2 Å². The van der Waals surface area contributed by atoms with Gasteiger partial charge in [-0.25, -0.2) is 4.79 Å². The topological polar surface area (TPSA) is 71.8 Å². The second-order valence-corrected chi connectivity index (χ2v) is 9.09. The Hall–Kier alpha value is -2.21. The van der Waals surface area contributed by atoms with Gasteiger partial charge in [-0.05, 0) is 70.2 Å². The van der Waals surface area contributed by atoms with Crippen LogP contribution in [0.1, 0.15) is 49.5 Å². The molecular weight excluding hydrogens is 380 g/mol. The quantitative estimate of drug-likeness (QED) is 0.798. The molecule has 2 amide bonds. The van der Waals surface area contributed by atoms with Gasteiger partial charge in [-0.15, -0.1) is 0 Å². The summed E-state index contributed by atoms with van der Waals surface area (Å²) in [7, 11) is 0. The molecule has 4 rings (SSSR count). The lowest BCUT2D eigenvalue weighted by atomic mass is 10.1. The van der Waals surface area contributed by atoms with Crippen LogP contribution in [0.15, 0.2) is 22.6 Å². The smallest absolute Gasteiger partial charge is 0.407 e. The molecule has 2 fully saturated rings. The summed E-state index contributed by atoms with van der Waals surface area (Å²) >= 11 is 6.06. The minimum atomic E-state index is -0.547. The number of halogens is 1. The minimum Gasteiger partial charge on any atom is -0.444 e. The van der Waals surface area contributed by atoms with Gasteiger partial charge >= 0.3 is 6.09 Å². The van der Waals surface area contributed by atoms with Crippen molar-refractivity contribution < 1.29 is 18.7 Å². The van der Waals surface area contributed by atoms with E-state index in [4.69, 9.17) is 20.8 Å². The molecular formula is C21H25ClN2O4. The Balaban J connectivity index is 1.51. The first-order chi connectivity index (χ1) is 13.1. The molecule has 2 aromatic rings. The molecule has 28 heavy (non-hydrogen) atoms. The summed E-state index contributed by atoms with van der Waals surface area (Å²) in [6, 6.07) is 5.35. The van der Waals surface area contributed by atoms with Crippen molar-refractivity contribution in [3.63, 3.8) is 0 Å². The number of hydrogen-bond donors (Lipinski definition) is 1. The lowest BCUT2D eigenvalue weighted by molar-refractivity contribution is 0.0485. The Bertz CT molecular complexity index is 946. The molecule has 1 saturated heterocycles. The summed E-state index contributed by atoms with van der Waals surface area (Å²) < 4.78 is 10.9. The molecule has 2 bridgehead atoms. The molecule has 1 N–H and O–H groups in total. The zero-order valence-electron chi connectivity index (χ0n) is 16.5. The largest absolute Gasteiger partial charge is 0.444 e. The maximum Gasteiger partial charge on any atom is 0.407 e. The zero-order valence-corrected chi connectivity index (χ0v) is 17.3. The van der Waals surface area contributed by atoms with Crippen LogP contribution in [0.4, 0.5) is 4.79 Å². The number of likely N-dealkylation sites (tertiary alicyclic amines) is 1. The number of alkyl carbamates (subject to hydrolysis) is 1. The van der Waals surface area contributed by atoms with Crippen molar-refractivity contribution in [2.45, 2.75) is 58.2 Å². The number of aryl methyl sites for hydroxylation is 1. The number of furan rings is 1. The van der Waals surface area contributed by atoms with E-state index in [1.165, 1.54) is 0 Å². The van der Waals surface area contributed by atoms with Crippen molar-refractivity contribution in [1.29, 1.82) is 0 Å². The summed E-state index contributed by atoms with van der Waals surface area (Å²) in [4.78, 5) is 27.2. The molecule has 0 radical (unpaired) electrons. The van der Waals surface area contributed by atoms with Crippen molar-refractivity contribution in [1.82, 2.24) is 10.2 Å². The molecule has 150 valence electrons. The lowest BCUT2D eigenvalue weighted by Crippen LogP contribution is -2.46. The third kappa shape index (κ3) is 3.34. The molecule has 1 aliphatic carbocycles. The fourth-order valence-corrected chi connectivity index (χ4v) is 4.57. The summed E-state index contributed by atoms with van der Waals surface area (Å²) in [5, 5.41) is 4.24. The highest BCUT2D eigenvalue weighted by Crippen LogP contribution is 2.39. The van der Waals surface area contributed by atoms with Crippen LogP contribution in [-0.4, -0.2) is 41.1 Å².